The molecule has 1 heterocycles. The van der Waals surface area contributed by atoms with E-state index in [2.05, 4.69) is 25.8 Å². The van der Waals surface area contributed by atoms with Gasteiger partial charge in [-0.15, -0.1) is 0 Å². The van der Waals surface area contributed by atoms with Crippen molar-refractivity contribution in [3.8, 4) is 11.5 Å². The van der Waals surface area contributed by atoms with Crippen molar-refractivity contribution in [2.45, 2.75) is 76.5 Å². The van der Waals surface area contributed by atoms with E-state index in [1.165, 1.54) is 6.07 Å². The number of rotatable bonds is 9. The van der Waals surface area contributed by atoms with Gasteiger partial charge in [-0.25, -0.2) is 4.79 Å². The molecule has 2 amide bonds. The molecule has 2 unspecified atom stereocenters. The summed E-state index contributed by atoms with van der Waals surface area (Å²) in [4.78, 5) is 28.8. The summed E-state index contributed by atoms with van der Waals surface area (Å²) < 4.78 is 11.2. The molecular formula is C25H33N5O5. The molecule has 35 heavy (non-hydrogen) atoms. The van der Waals surface area contributed by atoms with Crippen molar-refractivity contribution in [3.05, 3.63) is 35.5 Å². The summed E-state index contributed by atoms with van der Waals surface area (Å²) in [6.45, 7) is 5.61. The van der Waals surface area contributed by atoms with E-state index in [4.69, 9.17) is 9.47 Å². The van der Waals surface area contributed by atoms with Gasteiger partial charge in [0.1, 0.15) is 17.6 Å². The third kappa shape index (κ3) is 6.74. The molecule has 1 aromatic carbocycles. The first-order valence-corrected chi connectivity index (χ1v) is 12.0. The number of aromatic hydroxyl groups is 1. The van der Waals surface area contributed by atoms with Gasteiger partial charge in [-0.2, -0.15) is 5.10 Å². The number of phenols is 1. The monoisotopic (exact) mass is 483 g/mol. The Balaban J connectivity index is 1.26. The Hall–Kier alpha value is -3.56. The van der Waals surface area contributed by atoms with Gasteiger partial charge in [-0.1, -0.05) is 6.07 Å². The van der Waals surface area contributed by atoms with Gasteiger partial charge < -0.3 is 25.2 Å². The molecular weight excluding hydrogens is 450 g/mol. The summed E-state index contributed by atoms with van der Waals surface area (Å²) in [6, 6.07) is 6.71. The van der Waals surface area contributed by atoms with Crippen molar-refractivity contribution in [2.75, 3.05) is 11.9 Å². The quantitative estimate of drug-likeness (QED) is 0.400. The van der Waals surface area contributed by atoms with Crippen LogP contribution >= 0.6 is 0 Å². The number of nitrogens with zero attached hydrogens (tertiary/aromatic N) is 2. The van der Waals surface area contributed by atoms with Crippen molar-refractivity contribution in [1.29, 1.82) is 0 Å². The third-order valence-corrected chi connectivity index (χ3v) is 6.27. The maximum Gasteiger partial charge on any atom is 0.407 e. The van der Waals surface area contributed by atoms with Crippen molar-refractivity contribution in [1.82, 2.24) is 15.5 Å². The molecule has 2 aliphatic carbocycles. The minimum absolute atomic E-state index is 0.0299. The zero-order valence-electron chi connectivity index (χ0n) is 20.3. The molecule has 0 spiro atoms. The molecule has 0 aliphatic heterocycles. The lowest BCUT2D eigenvalue weighted by molar-refractivity contribution is -0.118. The van der Waals surface area contributed by atoms with E-state index in [-0.39, 0.29) is 48.0 Å². The number of aromatic nitrogens is 2. The fourth-order valence-electron chi connectivity index (χ4n) is 4.01. The van der Waals surface area contributed by atoms with Crippen LogP contribution in [0.4, 0.5) is 10.6 Å². The highest BCUT2D eigenvalue weighted by Crippen LogP contribution is 2.37. The molecule has 2 atom stereocenters. The van der Waals surface area contributed by atoms with Gasteiger partial charge in [0.2, 0.25) is 0 Å². The second-order valence-corrected chi connectivity index (χ2v) is 9.83. The molecule has 0 bridgehead atoms. The zero-order chi connectivity index (χ0) is 25.0. The standard InChI is InChI=1S/C25H33N5O5/c1-15(2)26-13-18-20(31)5-4-6-21(18)34-14-23(32)27-22-12-19(29-30-22)16-7-8-17(11-16)35-24(33)28-25(3)9-10-25/h4-6,12-13,15-17,31H,7-11,14H2,1-3H3,(H,28,33)(H2,27,29,30,32). The molecule has 2 aliphatic rings. The fraction of sp³-hybridized carbons (Fsp3) is 0.520. The number of alkyl carbamates (subject to hydrolysis) is 1. The molecule has 0 radical (unpaired) electrons. The molecule has 1 aromatic heterocycles. The van der Waals surface area contributed by atoms with E-state index in [0.29, 0.717) is 23.6 Å². The van der Waals surface area contributed by atoms with Crippen LogP contribution in [-0.2, 0) is 9.53 Å². The average molecular weight is 484 g/mol. The van der Waals surface area contributed by atoms with Crippen molar-refractivity contribution in [2.24, 2.45) is 4.99 Å². The van der Waals surface area contributed by atoms with Gasteiger partial charge in [0.25, 0.3) is 5.91 Å². The van der Waals surface area contributed by atoms with Gasteiger partial charge in [-0.3, -0.25) is 14.9 Å². The summed E-state index contributed by atoms with van der Waals surface area (Å²) in [5.74, 6) is 0.589. The van der Waals surface area contributed by atoms with E-state index < -0.39 is 0 Å². The van der Waals surface area contributed by atoms with E-state index in [1.807, 2.05) is 20.8 Å². The zero-order valence-corrected chi connectivity index (χ0v) is 20.3. The van der Waals surface area contributed by atoms with Gasteiger partial charge in [0.15, 0.2) is 12.4 Å². The van der Waals surface area contributed by atoms with Gasteiger partial charge >= 0.3 is 6.09 Å². The lowest BCUT2D eigenvalue weighted by Gasteiger charge is -2.16. The minimum atomic E-state index is -0.379. The summed E-state index contributed by atoms with van der Waals surface area (Å²) >= 11 is 0. The van der Waals surface area contributed by atoms with Crippen LogP contribution in [0, 0.1) is 0 Å². The topological polar surface area (TPSA) is 138 Å². The number of phenolic OH excluding ortho intramolecular Hbond substituents is 1. The maximum absolute atomic E-state index is 12.4. The molecule has 10 nitrogen and oxygen atoms in total. The number of amides is 2. The fourth-order valence-corrected chi connectivity index (χ4v) is 4.01. The highest BCUT2D eigenvalue weighted by molar-refractivity contribution is 5.91. The van der Waals surface area contributed by atoms with E-state index in [1.54, 1.807) is 24.4 Å². The smallest absolute Gasteiger partial charge is 0.407 e. The number of nitrogens with one attached hydrogen (secondary N) is 3. The van der Waals surface area contributed by atoms with Crippen LogP contribution in [0.25, 0.3) is 0 Å². The number of carbonyl (C=O) groups is 2. The third-order valence-electron chi connectivity index (χ3n) is 6.27. The molecule has 2 fully saturated rings. The Morgan fingerprint density at radius 1 is 1.34 bits per heavy atom. The highest BCUT2D eigenvalue weighted by atomic mass is 16.6. The molecule has 4 rings (SSSR count). The lowest BCUT2D eigenvalue weighted by Crippen LogP contribution is -2.36. The molecule has 2 aromatic rings. The molecule has 0 saturated heterocycles. The number of aliphatic imine (C=N–C) groups is 1. The first-order chi connectivity index (χ1) is 16.7. The van der Waals surface area contributed by atoms with E-state index >= 15 is 0 Å². The van der Waals surface area contributed by atoms with Crippen LogP contribution in [0.1, 0.15) is 70.1 Å². The Morgan fingerprint density at radius 2 is 2.14 bits per heavy atom. The van der Waals surface area contributed by atoms with E-state index in [0.717, 1.165) is 31.4 Å². The van der Waals surface area contributed by atoms with Crippen LogP contribution in [0.3, 0.4) is 0 Å². The van der Waals surface area contributed by atoms with Crippen molar-refractivity contribution >= 4 is 24.0 Å². The van der Waals surface area contributed by atoms with Crippen LogP contribution in [0.5, 0.6) is 11.5 Å². The summed E-state index contributed by atoms with van der Waals surface area (Å²) in [5, 5.41) is 22.9. The summed E-state index contributed by atoms with van der Waals surface area (Å²) in [5.41, 5.74) is 1.22. The Kier molecular flexibility index (Phi) is 7.28. The Labute approximate surface area is 204 Å². The first-order valence-electron chi connectivity index (χ1n) is 12.0. The number of benzene rings is 1. The Bertz CT molecular complexity index is 1090. The molecule has 10 heteroatoms. The van der Waals surface area contributed by atoms with Crippen molar-refractivity contribution in [3.63, 3.8) is 0 Å². The number of aromatic amines is 1. The number of carbonyl (C=O) groups excluding carboxylic acids is 2. The SMILES string of the molecule is CC(C)N=Cc1c(O)cccc1OCC(=O)Nc1cc(C2CCC(OC(=O)NC3(C)CC3)C2)[nH]n1. The average Bonchev–Trinajstić information content (AvgIpc) is 3.15. The minimum Gasteiger partial charge on any atom is -0.507 e. The van der Waals surface area contributed by atoms with Gasteiger partial charge in [0.05, 0.1) is 5.56 Å². The van der Waals surface area contributed by atoms with Crippen LogP contribution in [0.15, 0.2) is 29.3 Å². The highest BCUT2D eigenvalue weighted by Gasteiger charge is 2.40. The van der Waals surface area contributed by atoms with Crippen LogP contribution in [-0.4, -0.2) is 57.8 Å². The number of H-pyrrole nitrogens is 1. The maximum atomic E-state index is 12.4. The molecule has 188 valence electrons. The van der Waals surface area contributed by atoms with Crippen LogP contribution in [0.2, 0.25) is 0 Å². The lowest BCUT2D eigenvalue weighted by atomic mass is 10.0. The number of hydrogen-bond donors (Lipinski definition) is 4. The molecule has 4 N–H and O–H groups in total. The number of ether oxygens (including phenoxy) is 2. The first kappa shape index (κ1) is 24.6. The van der Waals surface area contributed by atoms with Gasteiger partial charge in [0, 0.05) is 35.5 Å². The van der Waals surface area contributed by atoms with Crippen LogP contribution < -0.4 is 15.4 Å². The molecule has 2 saturated carbocycles. The number of anilines is 1. The summed E-state index contributed by atoms with van der Waals surface area (Å²) in [7, 11) is 0. The van der Waals surface area contributed by atoms with E-state index in [9.17, 15) is 14.7 Å². The summed E-state index contributed by atoms with van der Waals surface area (Å²) in [6.07, 6.45) is 5.41. The number of hydrogen-bond acceptors (Lipinski definition) is 7. The van der Waals surface area contributed by atoms with Gasteiger partial charge in [-0.05, 0) is 65.0 Å². The second kappa shape index (κ2) is 10.4. The van der Waals surface area contributed by atoms with Crippen molar-refractivity contribution < 1.29 is 24.2 Å². The predicted molar refractivity (Wildman–Crippen MR) is 131 cm³/mol. The Morgan fingerprint density at radius 3 is 2.89 bits per heavy atom. The normalized spacial score (nSPS) is 20.7. The largest absolute Gasteiger partial charge is 0.507 e. The second-order valence-electron chi connectivity index (χ2n) is 9.83. The predicted octanol–water partition coefficient (Wildman–Crippen LogP) is 3.87.